The molecule has 0 unspecified atom stereocenters. The number of hydrogen-bond donors (Lipinski definition) is 0. The molecule has 2 aliphatic rings. The fraction of sp³-hybridized carbons (Fsp3) is 0.562. The van der Waals surface area contributed by atoms with Gasteiger partial charge in [0, 0.05) is 31.8 Å². The summed E-state index contributed by atoms with van der Waals surface area (Å²) in [4.78, 5) is 17.7. The van der Waals surface area contributed by atoms with Gasteiger partial charge in [-0.25, -0.2) is 4.98 Å². The molecule has 0 bridgehead atoms. The number of nitrogens with zero attached hydrogens (tertiary/aromatic N) is 3. The molecule has 1 aliphatic heterocycles. The maximum absolute atomic E-state index is 11.4. The number of nitriles is 1. The van der Waals surface area contributed by atoms with E-state index >= 15 is 0 Å². The maximum atomic E-state index is 11.4. The third-order valence-corrected chi connectivity index (χ3v) is 4.55. The molecule has 0 radical (unpaired) electrons. The van der Waals surface area contributed by atoms with Gasteiger partial charge in [-0.3, -0.25) is 4.79 Å². The number of carbonyl (C=O) groups is 1. The highest BCUT2D eigenvalue weighted by Crippen LogP contribution is 2.49. The number of rotatable bonds is 2. The van der Waals surface area contributed by atoms with E-state index in [0.717, 1.165) is 38.0 Å². The minimum Gasteiger partial charge on any atom is -0.474 e. The highest BCUT2D eigenvalue weighted by molar-refractivity contribution is 5.73. The monoisotopic (exact) mass is 285 g/mol. The van der Waals surface area contributed by atoms with Crippen molar-refractivity contribution in [1.82, 2.24) is 9.88 Å². The van der Waals surface area contributed by atoms with Crippen molar-refractivity contribution < 1.29 is 9.53 Å². The molecule has 0 N–H and O–H groups in total. The molecule has 2 fully saturated rings. The lowest BCUT2D eigenvalue weighted by molar-refractivity contribution is -0.129. The second-order valence-electron chi connectivity index (χ2n) is 6.29. The first-order chi connectivity index (χ1) is 9.99. The first kappa shape index (κ1) is 13.9. The van der Waals surface area contributed by atoms with Crippen LogP contribution < -0.4 is 4.74 Å². The van der Waals surface area contributed by atoms with Crippen molar-refractivity contribution in [3.05, 3.63) is 23.4 Å². The largest absolute Gasteiger partial charge is 0.474 e. The Bertz CT molecular complexity index is 614. The van der Waals surface area contributed by atoms with Gasteiger partial charge in [0.25, 0.3) is 0 Å². The predicted molar refractivity (Wildman–Crippen MR) is 76.6 cm³/mol. The summed E-state index contributed by atoms with van der Waals surface area (Å²) < 4.78 is 5.89. The van der Waals surface area contributed by atoms with Crippen molar-refractivity contribution in [3.63, 3.8) is 0 Å². The number of likely N-dealkylation sites (tertiary alicyclic amines) is 1. The fourth-order valence-corrected chi connectivity index (χ4v) is 3.46. The quantitative estimate of drug-likeness (QED) is 0.834. The molecule has 1 aromatic heterocycles. The van der Waals surface area contributed by atoms with E-state index in [9.17, 15) is 4.79 Å². The van der Waals surface area contributed by atoms with Gasteiger partial charge in [0.05, 0.1) is 11.6 Å². The van der Waals surface area contributed by atoms with Crippen LogP contribution >= 0.6 is 0 Å². The Morgan fingerprint density at radius 1 is 1.52 bits per heavy atom. The molecule has 0 atom stereocenters. The summed E-state index contributed by atoms with van der Waals surface area (Å²) in [7, 11) is 0. The van der Waals surface area contributed by atoms with Crippen molar-refractivity contribution in [2.24, 2.45) is 5.41 Å². The Morgan fingerprint density at radius 3 is 2.90 bits per heavy atom. The highest BCUT2D eigenvalue weighted by atomic mass is 16.5. The number of ether oxygens (including phenoxy) is 1. The summed E-state index contributed by atoms with van der Waals surface area (Å²) in [5.74, 6) is 0.697. The lowest BCUT2D eigenvalue weighted by atomic mass is 9.66. The average molecular weight is 285 g/mol. The van der Waals surface area contributed by atoms with Crippen molar-refractivity contribution in [1.29, 1.82) is 5.26 Å². The lowest BCUT2D eigenvalue weighted by Gasteiger charge is -2.44. The molecular formula is C16H19N3O2. The van der Waals surface area contributed by atoms with Gasteiger partial charge >= 0.3 is 0 Å². The van der Waals surface area contributed by atoms with Crippen LogP contribution in [0.1, 0.15) is 37.4 Å². The van der Waals surface area contributed by atoms with Crippen molar-refractivity contribution in [2.45, 2.75) is 39.2 Å². The summed E-state index contributed by atoms with van der Waals surface area (Å²) in [5.41, 5.74) is 1.62. The molecule has 1 spiro atoms. The number of aryl methyl sites for hydroxylation is 1. The van der Waals surface area contributed by atoms with E-state index in [1.807, 2.05) is 11.8 Å². The molecule has 1 saturated heterocycles. The molecule has 1 aromatic rings. The third-order valence-electron chi connectivity index (χ3n) is 4.55. The van der Waals surface area contributed by atoms with Gasteiger partial charge in [-0.05, 0) is 37.7 Å². The Kier molecular flexibility index (Phi) is 3.32. The first-order valence-electron chi connectivity index (χ1n) is 7.31. The van der Waals surface area contributed by atoms with E-state index in [1.165, 1.54) is 0 Å². The van der Waals surface area contributed by atoms with Crippen LogP contribution in [0.15, 0.2) is 12.1 Å². The zero-order valence-corrected chi connectivity index (χ0v) is 12.4. The molecule has 0 aromatic carbocycles. The van der Waals surface area contributed by atoms with Crippen LogP contribution in [0.4, 0.5) is 0 Å². The van der Waals surface area contributed by atoms with Gasteiger partial charge in [-0.1, -0.05) is 0 Å². The molecule has 5 nitrogen and oxygen atoms in total. The highest BCUT2D eigenvalue weighted by Gasteiger charge is 2.50. The van der Waals surface area contributed by atoms with Gasteiger partial charge in [0.15, 0.2) is 0 Å². The van der Waals surface area contributed by atoms with Gasteiger partial charge in [-0.15, -0.1) is 0 Å². The van der Waals surface area contributed by atoms with Crippen LogP contribution in [0.25, 0.3) is 0 Å². The lowest BCUT2D eigenvalue weighted by Crippen LogP contribution is -2.46. The Labute approximate surface area is 124 Å². The van der Waals surface area contributed by atoms with Crippen LogP contribution in [0.5, 0.6) is 5.88 Å². The van der Waals surface area contributed by atoms with Crippen LogP contribution in [0.3, 0.4) is 0 Å². The zero-order chi connectivity index (χ0) is 15.0. The van der Waals surface area contributed by atoms with E-state index < -0.39 is 0 Å². The third kappa shape index (κ3) is 2.71. The molecule has 21 heavy (non-hydrogen) atoms. The Balaban J connectivity index is 1.59. The van der Waals surface area contributed by atoms with E-state index in [0.29, 0.717) is 11.4 Å². The fourth-order valence-electron chi connectivity index (χ4n) is 3.46. The van der Waals surface area contributed by atoms with E-state index in [2.05, 4.69) is 11.1 Å². The minimum absolute atomic E-state index is 0.151. The van der Waals surface area contributed by atoms with Crippen molar-refractivity contribution in [3.8, 4) is 11.9 Å². The van der Waals surface area contributed by atoms with E-state index in [4.69, 9.17) is 10.00 Å². The Hall–Kier alpha value is -2.09. The summed E-state index contributed by atoms with van der Waals surface area (Å²) in [5, 5.41) is 8.97. The summed E-state index contributed by atoms with van der Waals surface area (Å²) in [6.45, 7) is 5.21. The smallest absolute Gasteiger partial charge is 0.219 e. The molecular weight excluding hydrogens is 266 g/mol. The van der Waals surface area contributed by atoms with E-state index in [-0.39, 0.29) is 17.4 Å². The van der Waals surface area contributed by atoms with Crippen LogP contribution in [-0.2, 0) is 4.79 Å². The standard InChI is InChI=1S/C16H19N3O2/c1-11-5-13(9-17)6-15(18-11)21-14-7-16(8-14)3-4-19(10-16)12(2)20/h5-6,14H,3-4,7-8,10H2,1-2H3. The summed E-state index contributed by atoms with van der Waals surface area (Å²) in [6.07, 6.45) is 3.15. The normalized spacial score (nSPS) is 27.3. The SMILES string of the molecule is CC(=O)N1CCC2(CC(Oc3cc(C#N)cc(C)n3)C2)C1. The van der Waals surface area contributed by atoms with Crippen LogP contribution in [-0.4, -0.2) is 35.0 Å². The number of aromatic nitrogens is 1. The average Bonchev–Trinajstić information content (AvgIpc) is 2.83. The number of carbonyl (C=O) groups excluding carboxylic acids is 1. The van der Waals surface area contributed by atoms with Crippen LogP contribution in [0, 0.1) is 23.7 Å². The predicted octanol–water partition coefficient (Wildman–Crippen LogP) is 2.04. The molecule has 5 heteroatoms. The second kappa shape index (κ2) is 5.03. The number of hydrogen-bond acceptors (Lipinski definition) is 4. The summed E-state index contributed by atoms with van der Waals surface area (Å²) in [6, 6.07) is 5.56. The molecule has 2 heterocycles. The molecule has 1 amide bonds. The van der Waals surface area contributed by atoms with Crippen LogP contribution in [0.2, 0.25) is 0 Å². The maximum Gasteiger partial charge on any atom is 0.219 e. The second-order valence-corrected chi connectivity index (χ2v) is 6.29. The van der Waals surface area contributed by atoms with E-state index in [1.54, 1.807) is 19.1 Å². The van der Waals surface area contributed by atoms with Gasteiger partial charge in [0.2, 0.25) is 11.8 Å². The van der Waals surface area contributed by atoms with Crippen molar-refractivity contribution in [2.75, 3.05) is 13.1 Å². The van der Waals surface area contributed by atoms with Gasteiger partial charge in [-0.2, -0.15) is 5.26 Å². The number of pyridine rings is 1. The molecule has 1 saturated carbocycles. The van der Waals surface area contributed by atoms with Crippen molar-refractivity contribution >= 4 is 5.91 Å². The minimum atomic E-state index is 0.151. The zero-order valence-electron chi connectivity index (χ0n) is 12.4. The summed E-state index contributed by atoms with van der Waals surface area (Å²) >= 11 is 0. The topological polar surface area (TPSA) is 66.2 Å². The molecule has 3 rings (SSSR count). The van der Waals surface area contributed by atoms with Gasteiger partial charge in [0.1, 0.15) is 6.10 Å². The first-order valence-corrected chi connectivity index (χ1v) is 7.31. The molecule has 1 aliphatic carbocycles. The number of amides is 1. The molecule has 110 valence electrons. The van der Waals surface area contributed by atoms with Gasteiger partial charge < -0.3 is 9.64 Å². The Morgan fingerprint density at radius 2 is 2.29 bits per heavy atom.